The van der Waals surface area contributed by atoms with E-state index in [9.17, 15) is 14.4 Å². The molecule has 6 heteroatoms. The molecule has 0 spiro atoms. The molecule has 1 aliphatic rings. The minimum absolute atomic E-state index is 0.257. The zero-order valence-electron chi connectivity index (χ0n) is 16.5. The number of carbonyl (C=O) groups excluding carboxylic acids is 3. The highest BCUT2D eigenvalue weighted by Gasteiger charge is 2.52. The van der Waals surface area contributed by atoms with Crippen molar-refractivity contribution >= 4 is 17.8 Å². The van der Waals surface area contributed by atoms with E-state index in [1.54, 1.807) is 4.90 Å². The molecule has 0 radical (unpaired) electrons. The Balaban J connectivity index is 2.27. The molecule has 2 rings (SSSR count). The monoisotopic (exact) mass is 371 g/mol. The number of amides is 4. The molecule has 1 aromatic carbocycles. The van der Waals surface area contributed by atoms with Crippen molar-refractivity contribution in [3.05, 3.63) is 48.0 Å². The van der Waals surface area contributed by atoms with Crippen LogP contribution < -0.4 is 5.32 Å². The summed E-state index contributed by atoms with van der Waals surface area (Å²) in [5.74, 6) is -0.616. The van der Waals surface area contributed by atoms with Crippen LogP contribution in [0.3, 0.4) is 0 Å². The lowest BCUT2D eigenvalue weighted by Crippen LogP contribution is -2.46. The fraction of sp³-hybridized carbons (Fsp3) is 0.476. The van der Waals surface area contributed by atoms with Gasteiger partial charge in [0.1, 0.15) is 12.1 Å². The van der Waals surface area contributed by atoms with Gasteiger partial charge in [0.05, 0.1) is 0 Å². The summed E-state index contributed by atoms with van der Waals surface area (Å²) in [6.45, 7) is 10.2. The Morgan fingerprint density at radius 3 is 2.44 bits per heavy atom. The van der Waals surface area contributed by atoms with Gasteiger partial charge in [0, 0.05) is 13.1 Å². The third-order valence-electron chi connectivity index (χ3n) is 4.84. The number of unbranched alkanes of at least 4 members (excludes halogenated alkanes) is 1. The fourth-order valence-electron chi connectivity index (χ4n) is 3.38. The van der Waals surface area contributed by atoms with E-state index < -0.39 is 11.6 Å². The van der Waals surface area contributed by atoms with E-state index in [4.69, 9.17) is 0 Å². The second-order valence-electron chi connectivity index (χ2n) is 7.06. The predicted octanol–water partition coefficient (Wildman–Crippen LogP) is 3.05. The molecule has 6 nitrogen and oxygen atoms in total. The van der Waals surface area contributed by atoms with Gasteiger partial charge < -0.3 is 10.2 Å². The van der Waals surface area contributed by atoms with Crippen LogP contribution in [0.1, 0.15) is 45.6 Å². The summed E-state index contributed by atoms with van der Waals surface area (Å²) in [5.41, 5.74) is 0.505. The summed E-state index contributed by atoms with van der Waals surface area (Å²) in [6.07, 6.45) is 2.20. The van der Waals surface area contributed by atoms with Crippen molar-refractivity contribution in [1.29, 1.82) is 0 Å². The average molecular weight is 371 g/mol. The fourth-order valence-corrected chi connectivity index (χ4v) is 3.38. The molecule has 0 aromatic heterocycles. The summed E-state index contributed by atoms with van der Waals surface area (Å²) in [7, 11) is 0. The molecule has 0 bridgehead atoms. The molecule has 1 aliphatic heterocycles. The average Bonchev–Trinajstić information content (AvgIpc) is 2.90. The van der Waals surface area contributed by atoms with E-state index in [0.717, 1.165) is 28.9 Å². The van der Waals surface area contributed by atoms with E-state index in [-0.39, 0.29) is 18.4 Å². The van der Waals surface area contributed by atoms with Gasteiger partial charge in [0.2, 0.25) is 5.91 Å². The first-order chi connectivity index (χ1) is 12.9. The quantitative estimate of drug-likeness (QED) is 0.536. The van der Waals surface area contributed by atoms with Gasteiger partial charge in [-0.3, -0.25) is 14.5 Å². The van der Waals surface area contributed by atoms with E-state index in [2.05, 4.69) is 11.9 Å². The number of nitrogens with zero attached hydrogens (tertiary/aromatic N) is 2. The van der Waals surface area contributed by atoms with Gasteiger partial charge in [0.15, 0.2) is 0 Å². The topological polar surface area (TPSA) is 69.7 Å². The molecule has 146 valence electrons. The van der Waals surface area contributed by atoms with Crippen molar-refractivity contribution < 1.29 is 14.4 Å². The number of hydrogen-bond acceptors (Lipinski definition) is 3. The first kappa shape index (κ1) is 20.7. The molecule has 1 fully saturated rings. The molecular weight excluding hydrogens is 342 g/mol. The van der Waals surface area contributed by atoms with Gasteiger partial charge >= 0.3 is 6.03 Å². The number of benzene rings is 1. The number of urea groups is 1. The zero-order chi connectivity index (χ0) is 20.0. The van der Waals surface area contributed by atoms with E-state index >= 15 is 0 Å². The minimum atomic E-state index is -1.10. The maximum absolute atomic E-state index is 13.3. The number of nitrogens with one attached hydrogen (secondary N) is 1. The number of carbonyl (C=O) groups is 3. The van der Waals surface area contributed by atoms with Gasteiger partial charge in [-0.1, -0.05) is 62.2 Å². The smallest absolute Gasteiger partial charge is 0.325 e. The molecule has 1 saturated heterocycles. The van der Waals surface area contributed by atoms with Crippen molar-refractivity contribution in [2.75, 3.05) is 19.6 Å². The summed E-state index contributed by atoms with van der Waals surface area (Å²) >= 11 is 0. The first-order valence-electron chi connectivity index (χ1n) is 9.47. The SMILES string of the molecule is C=C(C)CN(CC)C(=O)CN1C(=O)NC(CCCC)(c2ccccc2)C1=O. The van der Waals surface area contributed by atoms with E-state index in [0.29, 0.717) is 19.5 Å². The summed E-state index contributed by atoms with van der Waals surface area (Å²) in [5, 5.41) is 2.87. The van der Waals surface area contributed by atoms with Gasteiger partial charge in [-0.05, 0) is 25.8 Å². The third kappa shape index (κ3) is 4.38. The zero-order valence-corrected chi connectivity index (χ0v) is 16.5. The van der Waals surface area contributed by atoms with Crippen molar-refractivity contribution in [3.8, 4) is 0 Å². The van der Waals surface area contributed by atoms with Crippen molar-refractivity contribution in [3.63, 3.8) is 0 Å². The normalized spacial score (nSPS) is 19.1. The Bertz CT molecular complexity index is 717. The van der Waals surface area contributed by atoms with Gasteiger partial charge in [-0.25, -0.2) is 4.79 Å². The standard InChI is InChI=1S/C21H29N3O3/c1-5-7-13-21(17-11-9-8-10-12-17)19(26)24(20(27)22-21)15-18(25)23(6-2)14-16(3)4/h8-12H,3,5-7,13-15H2,1-2,4H3,(H,22,27). The molecule has 0 saturated carbocycles. The highest BCUT2D eigenvalue weighted by molar-refractivity contribution is 6.09. The van der Waals surface area contributed by atoms with Crippen molar-refractivity contribution in [2.24, 2.45) is 0 Å². The Hall–Kier alpha value is -2.63. The highest BCUT2D eigenvalue weighted by Crippen LogP contribution is 2.34. The van der Waals surface area contributed by atoms with Crippen LogP contribution in [-0.4, -0.2) is 47.3 Å². The number of hydrogen-bond donors (Lipinski definition) is 1. The Labute approximate surface area is 161 Å². The van der Waals surface area contributed by atoms with Crippen LogP contribution in [-0.2, 0) is 15.1 Å². The van der Waals surface area contributed by atoms with Crippen LogP contribution in [0.15, 0.2) is 42.5 Å². The van der Waals surface area contributed by atoms with E-state index in [1.807, 2.05) is 51.1 Å². The molecule has 1 heterocycles. The lowest BCUT2D eigenvalue weighted by Gasteiger charge is -2.28. The van der Waals surface area contributed by atoms with Gasteiger partial charge in [0.25, 0.3) is 5.91 Å². The summed E-state index contributed by atoms with van der Waals surface area (Å²) in [4.78, 5) is 41.1. The van der Waals surface area contributed by atoms with Crippen LogP contribution in [0.4, 0.5) is 4.79 Å². The molecule has 1 aromatic rings. The molecule has 4 amide bonds. The number of likely N-dealkylation sites (N-methyl/N-ethyl adjacent to an activating group) is 1. The lowest BCUT2D eigenvalue weighted by molar-refractivity contribution is -0.139. The second kappa shape index (κ2) is 8.84. The van der Waals surface area contributed by atoms with Crippen molar-refractivity contribution in [2.45, 2.75) is 45.6 Å². The van der Waals surface area contributed by atoms with Gasteiger partial charge in [-0.15, -0.1) is 0 Å². The largest absolute Gasteiger partial charge is 0.337 e. The number of rotatable bonds is 9. The maximum atomic E-state index is 13.3. The highest BCUT2D eigenvalue weighted by atomic mass is 16.2. The van der Waals surface area contributed by atoms with Crippen LogP contribution in [0.5, 0.6) is 0 Å². The molecule has 0 aliphatic carbocycles. The van der Waals surface area contributed by atoms with E-state index in [1.165, 1.54) is 0 Å². The summed E-state index contributed by atoms with van der Waals surface area (Å²) < 4.78 is 0. The Morgan fingerprint density at radius 1 is 1.22 bits per heavy atom. The second-order valence-corrected chi connectivity index (χ2v) is 7.06. The molecule has 1 atom stereocenters. The molecule has 27 heavy (non-hydrogen) atoms. The van der Waals surface area contributed by atoms with Gasteiger partial charge in [-0.2, -0.15) is 0 Å². The van der Waals surface area contributed by atoms with Crippen LogP contribution in [0.25, 0.3) is 0 Å². The minimum Gasteiger partial charge on any atom is -0.337 e. The molecule has 1 N–H and O–H groups in total. The third-order valence-corrected chi connectivity index (χ3v) is 4.84. The van der Waals surface area contributed by atoms with Crippen LogP contribution in [0, 0.1) is 0 Å². The first-order valence-corrected chi connectivity index (χ1v) is 9.47. The number of imide groups is 1. The molecule has 1 unspecified atom stereocenters. The Morgan fingerprint density at radius 2 is 1.89 bits per heavy atom. The van der Waals surface area contributed by atoms with Crippen molar-refractivity contribution in [1.82, 2.24) is 15.1 Å². The lowest BCUT2D eigenvalue weighted by atomic mass is 9.85. The Kier molecular flexibility index (Phi) is 6.77. The predicted molar refractivity (Wildman–Crippen MR) is 105 cm³/mol. The molecular formula is C21H29N3O3. The van der Waals surface area contributed by atoms with Crippen LogP contribution in [0.2, 0.25) is 0 Å². The van der Waals surface area contributed by atoms with Crippen LogP contribution >= 0.6 is 0 Å². The maximum Gasteiger partial charge on any atom is 0.325 e. The summed E-state index contributed by atoms with van der Waals surface area (Å²) in [6, 6.07) is 8.75.